The lowest BCUT2D eigenvalue weighted by molar-refractivity contribution is -0.120. The lowest BCUT2D eigenvalue weighted by Crippen LogP contribution is -2.40. The molecule has 0 heterocycles. The van der Waals surface area contributed by atoms with E-state index in [1.807, 2.05) is 56.3 Å². The predicted molar refractivity (Wildman–Crippen MR) is 123 cm³/mol. The first-order valence-corrected chi connectivity index (χ1v) is 12.0. The second-order valence-corrected chi connectivity index (χ2v) is 9.70. The third-order valence-electron chi connectivity index (χ3n) is 4.89. The molecule has 31 heavy (non-hydrogen) atoms. The van der Waals surface area contributed by atoms with Crippen molar-refractivity contribution in [2.24, 2.45) is 0 Å². The van der Waals surface area contributed by atoms with Gasteiger partial charge in [0.05, 0.1) is 4.90 Å². The quantitative estimate of drug-likeness (QED) is 0.520. The monoisotopic (exact) mass is 437 g/mol. The number of sulfone groups is 1. The van der Waals surface area contributed by atoms with Crippen molar-refractivity contribution >= 4 is 21.4 Å². The summed E-state index contributed by atoms with van der Waals surface area (Å²) in [6.45, 7) is 3.70. The van der Waals surface area contributed by atoms with E-state index in [0.717, 1.165) is 11.8 Å². The van der Waals surface area contributed by atoms with Crippen LogP contribution in [0.5, 0.6) is 5.75 Å². The molecule has 0 spiro atoms. The highest BCUT2D eigenvalue weighted by molar-refractivity contribution is 7.90. The second-order valence-electron chi connectivity index (χ2n) is 7.68. The first-order valence-electron chi connectivity index (χ1n) is 10.1. The highest BCUT2D eigenvalue weighted by Gasteiger charge is 2.21. The molecule has 5 nitrogen and oxygen atoms in total. The zero-order valence-electron chi connectivity index (χ0n) is 18.0. The summed E-state index contributed by atoms with van der Waals surface area (Å²) in [5.74, 6) is 0.479. The number of anilines is 1. The molecule has 0 saturated heterocycles. The number of amides is 1. The lowest BCUT2D eigenvalue weighted by Gasteiger charge is -2.27. The van der Waals surface area contributed by atoms with Crippen LogP contribution in [0, 0.1) is 0 Å². The molecule has 0 fully saturated rings. The summed E-state index contributed by atoms with van der Waals surface area (Å²) in [6, 6.07) is 24.0. The fourth-order valence-electron chi connectivity index (χ4n) is 3.40. The largest absolute Gasteiger partial charge is 0.483 e. The Balaban J connectivity index is 1.74. The van der Waals surface area contributed by atoms with Gasteiger partial charge in [-0.05, 0) is 55.3 Å². The van der Waals surface area contributed by atoms with Crippen LogP contribution in [0.2, 0.25) is 0 Å². The Labute approximate surface area is 184 Å². The number of rotatable bonds is 8. The molecule has 0 N–H and O–H groups in total. The molecule has 162 valence electrons. The topological polar surface area (TPSA) is 63.7 Å². The van der Waals surface area contributed by atoms with Crippen molar-refractivity contribution in [1.29, 1.82) is 0 Å². The molecule has 3 aromatic carbocycles. The summed E-state index contributed by atoms with van der Waals surface area (Å²) in [7, 11) is -3.29. The van der Waals surface area contributed by atoms with Crippen molar-refractivity contribution in [3.05, 3.63) is 90.0 Å². The maximum atomic E-state index is 13.0. The molecule has 3 aromatic rings. The van der Waals surface area contributed by atoms with E-state index in [9.17, 15) is 13.2 Å². The van der Waals surface area contributed by atoms with Gasteiger partial charge in [0.15, 0.2) is 16.4 Å². The average Bonchev–Trinajstić information content (AvgIpc) is 2.73. The number of carbonyl (C=O) groups excluding carboxylic acids is 1. The molecule has 1 amide bonds. The maximum absolute atomic E-state index is 13.0. The van der Waals surface area contributed by atoms with E-state index in [2.05, 4.69) is 12.1 Å². The molecule has 0 unspecified atom stereocenters. The highest BCUT2D eigenvalue weighted by Crippen LogP contribution is 2.23. The van der Waals surface area contributed by atoms with Crippen LogP contribution < -0.4 is 9.64 Å². The normalized spacial score (nSPS) is 11.4. The molecule has 0 radical (unpaired) electrons. The summed E-state index contributed by atoms with van der Waals surface area (Å²) >= 11 is 0. The van der Waals surface area contributed by atoms with Crippen LogP contribution in [0.1, 0.15) is 25.0 Å². The molecule has 0 aliphatic carbocycles. The number of hydrogen-bond donors (Lipinski definition) is 0. The van der Waals surface area contributed by atoms with E-state index >= 15 is 0 Å². The van der Waals surface area contributed by atoms with E-state index in [4.69, 9.17) is 4.74 Å². The average molecular weight is 438 g/mol. The van der Waals surface area contributed by atoms with Crippen LogP contribution in [-0.4, -0.2) is 33.2 Å². The zero-order chi connectivity index (χ0) is 22.4. The summed E-state index contributed by atoms with van der Waals surface area (Å²) in [6.07, 6.45) is 1.88. The standard InChI is InChI=1S/C25H27NO4S/c1-19(2)26(22-13-15-23(16-14-22)31(3,28)29)25(27)18-30-24-12-8-7-11-21(24)17-20-9-5-4-6-10-20/h4-16,19H,17-18H2,1-3H3. The van der Waals surface area contributed by atoms with Gasteiger partial charge < -0.3 is 9.64 Å². The fraction of sp³-hybridized carbons (Fsp3) is 0.240. The van der Waals surface area contributed by atoms with Gasteiger partial charge in [-0.15, -0.1) is 0 Å². The Hall–Kier alpha value is -3.12. The van der Waals surface area contributed by atoms with Crippen molar-refractivity contribution in [3.8, 4) is 5.75 Å². The van der Waals surface area contributed by atoms with E-state index < -0.39 is 9.84 Å². The van der Waals surface area contributed by atoms with E-state index in [0.29, 0.717) is 17.9 Å². The predicted octanol–water partition coefficient (Wildman–Crippen LogP) is 4.50. The summed E-state index contributed by atoms with van der Waals surface area (Å²) in [4.78, 5) is 14.8. The maximum Gasteiger partial charge on any atom is 0.265 e. The summed E-state index contributed by atoms with van der Waals surface area (Å²) in [5.41, 5.74) is 2.81. The third kappa shape index (κ3) is 5.95. The number of ether oxygens (including phenoxy) is 1. The Bertz CT molecular complexity index is 1120. The van der Waals surface area contributed by atoms with Crippen molar-refractivity contribution in [3.63, 3.8) is 0 Å². The second kappa shape index (κ2) is 9.79. The van der Waals surface area contributed by atoms with Gasteiger partial charge in [0.2, 0.25) is 0 Å². The van der Waals surface area contributed by atoms with Gasteiger partial charge in [0, 0.05) is 24.4 Å². The molecule has 0 aliphatic heterocycles. The van der Waals surface area contributed by atoms with E-state index in [1.54, 1.807) is 17.0 Å². The fourth-order valence-corrected chi connectivity index (χ4v) is 4.03. The van der Waals surface area contributed by atoms with Crippen molar-refractivity contribution in [2.45, 2.75) is 31.2 Å². The van der Waals surface area contributed by atoms with Crippen molar-refractivity contribution in [2.75, 3.05) is 17.8 Å². The minimum absolute atomic E-state index is 0.111. The third-order valence-corrected chi connectivity index (χ3v) is 6.02. The summed E-state index contributed by atoms with van der Waals surface area (Å²) < 4.78 is 29.3. The van der Waals surface area contributed by atoms with Crippen LogP contribution in [0.3, 0.4) is 0 Å². The van der Waals surface area contributed by atoms with Crippen LogP contribution in [0.25, 0.3) is 0 Å². The Morgan fingerprint density at radius 3 is 2.13 bits per heavy atom. The number of hydrogen-bond acceptors (Lipinski definition) is 4. The number of benzene rings is 3. The van der Waals surface area contributed by atoms with Gasteiger partial charge in [-0.3, -0.25) is 4.79 Å². The van der Waals surface area contributed by atoms with Crippen molar-refractivity contribution < 1.29 is 17.9 Å². The van der Waals surface area contributed by atoms with Gasteiger partial charge in [0.1, 0.15) is 5.75 Å². The highest BCUT2D eigenvalue weighted by atomic mass is 32.2. The Kier molecular flexibility index (Phi) is 7.13. The van der Waals surface area contributed by atoms with Crippen LogP contribution in [0.4, 0.5) is 5.69 Å². The van der Waals surface area contributed by atoms with Crippen LogP contribution in [0.15, 0.2) is 83.8 Å². The number of nitrogens with zero attached hydrogens (tertiary/aromatic N) is 1. The molecule has 0 saturated carbocycles. The number of para-hydroxylation sites is 1. The zero-order valence-corrected chi connectivity index (χ0v) is 18.8. The van der Waals surface area contributed by atoms with Gasteiger partial charge in [-0.2, -0.15) is 0 Å². The first-order chi connectivity index (χ1) is 14.8. The van der Waals surface area contributed by atoms with Gasteiger partial charge in [-0.1, -0.05) is 48.5 Å². The lowest BCUT2D eigenvalue weighted by atomic mass is 10.0. The van der Waals surface area contributed by atoms with Gasteiger partial charge in [-0.25, -0.2) is 8.42 Å². The van der Waals surface area contributed by atoms with Gasteiger partial charge >= 0.3 is 0 Å². The molecule has 0 aromatic heterocycles. The SMILES string of the molecule is CC(C)N(C(=O)COc1ccccc1Cc1ccccc1)c1ccc(S(C)(=O)=O)cc1. The molecule has 6 heteroatoms. The van der Waals surface area contributed by atoms with Gasteiger partial charge in [0.25, 0.3) is 5.91 Å². The van der Waals surface area contributed by atoms with E-state index in [1.165, 1.54) is 17.7 Å². The molecule has 0 atom stereocenters. The smallest absolute Gasteiger partial charge is 0.265 e. The molecule has 0 bridgehead atoms. The first kappa shape index (κ1) is 22.6. The van der Waals surface area contributed by atoms with Crippen LogP contribution in [-0.2, 0) is 21.1 Å². The Morgan fingerprint density at radius 2 is 1.52 bits per heavy atom. The van der Waals surface area contributed by atoms with E-state index in [-0.39, 0.29) is 23.5 Å². The minimum Gasteiger partial charge on any atom is -0.483 e. The number of carbonyl (C=O) groups is 1. The minimum atomic E-state index is -3.29. The Morgan fingerprint density at radius 1 is 0.903 bits per heavy atom. The van der Waals surface area contributed by atoms with Crippen LogP contribution >= 0.6 is 0 Å². The molecule has 3 rings (SSSR count). The van der Waals surface area contributed by atoms with Crippen molar-refractivity contribution in [1.82, 2.24) is 0 Å². The molecular weight excluding hydrogens is 410 g/mol. The molecule has 0 aliphatic rings. The summed E-state index contributed by atoms with van der Waals surface area (Å²) in [5, 5.41) is 0. The molecular formula is C25H27NO4S.